The van der Waals surface area contributed by atoms with E-state index >= 15 is 0 Å². The number of carbonyl (C=O) groups is 1. The fraction of sp³-hybridized carbons (Fsp3) is 0.526. The Kier molecular flexibility index (Phi) is 4.71. The van der Waals surface area contributed by atoms with E-state index in [-0.39, 0.29) is 23.8 Å². The second kappa shape index (κ2) is 7.24. The first-order valence-corrected chi connectivity index (χ1v) is 12.2. The number of fused-ring (bicyclic) bond motifs is 2. The number of tetrazole rings is 1. The number of sulfonamides is 1. The maximum atomic E-state index is 12.2. The molecule has 2 unspecified atom stereocenters. The summed E-state index contributed by atoms with van der Waals surface area (Å²) >= 11 is 0. The topological polar surface area (TPSA) is 153 Å². The van der Waals surface area contributed by atoms with Gasteiger partial charge in [0.05, 0.1) is 36.3 Å². The van der Waals surface area contributed by atoms with E-state index in [1.165, 1.54) is 17.2 Å². The van der Waals surface area contributed by atoms with Crippen LogP contribution in [-0.2, 0) is 17.1 Å². The average molecular weight is 460 g/mol. The third kappa shape index (κ3) is 3.41. The van der Waals surface area contributed by atoms with Gasteiger partial charge in [0.15, 0.2) is 0 Å². The van der Waals surface area contributed by atoms with Crippen molar-refractivity contribution in [2.75, 3.05) is 24.7 Å². The predicted molar refractivity (Wildman–Crippen MR) is 116 cm³/mol. The van der Waals surface area contributed by atoms with Crippen LogP contribution < -0.4 is 11.1 Å². The quantitative estimate of drug-likeness (QED) is 0.538. The maximum Gasteiger partial charge on any atom is 0.252 e. The molecule has 5 rings (SSSR count). The first-order chi connectivity index (χ1) is 15.1. The number of anilines is 1. The normalized spacial score (nSPS) is 26.0. The lowest BCUT2D eigenvalue weighted by Gasteiger charge is -2.25. The third-order valence-electron chi connectivity index (χ3n) is 6.79. The highest BCUT2D eigenvalue weighted by molar-refractivity contribution is 7.88. The molecule has 4 heterocycles. The number of carbonyl (C=O) groups excluding carboxylic acids is 1. The maximum absolute atomic E-state index is 12.2. The Morgan fingerprint density at radius 2 is 2.09 bits per heavy atom. The Bertz CT molecular complexity index is 1310. The fourth-order valence-corrected chi connectivity index (χ4v) is 6.01. The molecular formula is C19H25N9O3S. The summed E-state index contributed by atoms with van der Waals surface area (Å²) in [4.78, 5) is 13.5. The van der Waals surface area contributed by atoms with Gasteiger partial charge in [0.1, 0.15) is 0 Å². The first-order valence-electron chi connectivity index (χ1n) is 10.4. The minimum atomic E-state index is -3.19. The number of nitrogens with two attached hydrogens (primary N) is 1. The van der Waals surface area contributed by atoms with Crippen molar-refractivity contribution in [3.05, 3.63) is 24.0 Å². The summed E-state index contributed by atoms with van der Waals surface area (Å²) in [5.41, 5.74) is 7.97. The molecule has 3 aromatic rings. The molecule has 3 aromatic heterocycles. The van der Waals surface area contributed by atoms with Gasteiger partial charge < -0.3 is 11.1 Å². The summed E-state index contributed by atoms with van der Waals surface area (Å²) in [6.45, 7) is 3.20. The molecule has 0 radical (unpaired) electrons. The van der Waals surface area contributed by atoms with Gasteiger partial charge in [-0.1, -0.05) is 6.92 Å². The molecule has 0 aromatic carbocycles. The van der Waals surface area contributed by atoms with Crippen LogP contribution in [-0.4, -0.2) is 73.8 Å². The van der Waals surface area contributed by atoms with Crippen molar-refractivity contribution < 1.29 is 13.2 Å². The number of nitrogens with one attached hydrogen (secondary N) is 1. The molecule has 13 heteroatoms. The molecule has 1 saturated carbocycles. The minimum absolute atomic E-state index is 0.0732. The molecule has 32 heavy (non-hydrogen) atoms. The molecule has 12 nitrogen and oxygen atoms in total. The number of nitrogens with zero attached hydrogens (tertiary/aromatic N) is 7. The SMILES string of the molecule is C[C@@H]1C2CN(S(C)(=O)=O)CC2C[C@H]1Nc1c(C(N)=O)cnn2cc(-c3nnn(C)n3)cc12. The van der Waals surface area contributed by atoms with Crippen molar-refractivity contribution in [3.8, 4) is 11.4 Å². The van der Waals surface area contributed by atoms with Crippen molar-refractivity contribution in [2.45, 2.75) is 19.4 Å². The molecule has 2 fully saturated rings. The van der Waals surface area contributed by atoms with Gasteiger partial charge in [0.25, 0.3) is 5.91 Å². The Morgan fingerprint density at radius 1 is 1.31 bits per heavy atom. The monoisotopic (exact) mass is 459 g/mol. The molecule has 1 saturated heterocycles. The summed E-state index contributed by atoms with van der Waals surface area (Å²) in [6.07, 6.45) is 5.30. The van der Waals surface area contributed by atoms with E-state index in [0.29, 0.717) is 35.7 Å². The van der Waals surface area contributed by atoms with Crippen molar-refractivity contribution in [3.63, 3.8) is 0 Å². The number of amides is 1. The van der Waals surface area contributed by atoms with Crippen molar-refractivity contribution >= 4 is 27.1 Å². The highest BCUT2D eigenvalue weighted by Gasteiger charge is 2.48. The van der Waals surface area contributed by atoms with E-state index in [0.717, 1.165) is 12.0 Å². The summed E-state index contributed by atoms with van der Waals surface area (Å²) in [5, 5.41) is 20.0. The van der Waals surface area contributed by atoms with E-state index in [9.17, 15) is 13.2 Å². The van der Waals surface area contributed by atoms with Crippen LogP contribution in [0.4, 0.5) is 5.69 Å². The van der Waals surface area contributed by atoms with E-state index in [4.69, 9.17) is 5.73 Å². The largest absolute Gasteiger partial charge is 0.380 e. The molecule has 4 atom stereocenters. The highest BCUT2D eigenvalue weighted by Crippen LogP contribution is 2.44. The van der Waals surface area contributed by atoms with E-state index < -0.39 is 15.9 Å². The zero-order valence-corrected chi connectivity index (χ0v) is 18.8. The molecule has 1 amide bonds. The second-order valence-corrected chi connectivity index (χ2v) is 10.8. The Labute approximate surface area is 184 Å². The van der Waals surface area contributed by atoms with Gasteiger partial charge in [-0.15, -0.1) is 10.2 Å². The minimum Gasteiger partial charge on any atom is -0.380 e. The van der Waals surface area contributed by atoms with Gasteiger partial charge in [0, 0.05) is 30.9 Å². The predicted octanol–water partition coefficient (Wildman–Crippen LogP) is -0.0484. The van der Waals surface area contributed by atoms with Crippen LogP contribution in [0.25, 0.3) is 16.9 Å². The Hall–Kier alpha value is -3.06. The lowest BCUT2D eigenvalue weighted by molar-refractivity contribution is 0.100. The summed E-state index contributed by atoms with van der Waals surface area (Å²) in [6, 6.07) is 1.92. The molecule has 1 aliphatic heterocycles. The summed E-state index contributed by atoms with van der Waals surface area (Å²) in [7, 11) is -1.51. The summed E-state index contributed by atoms with van der Waals surface area (Å²) in [5.74, 6) is 0.643. The molecule has 0 bridgehead atoms. The second-order valence-electron chi connectivity index (χ2n) is 8.81. The van der Waals surface area contributed by atoms with Crippen LogP contribution >= 0.6 is 0 Å². The number of aromatic nitrogens is 6. The van der Waals surface area contributed by atoms with Gasteiger partial charge in [0.2, 0.25) is 15.8 Å². The molecule has 0 spiro atoms. The van der Waals surface area contributed by atoms with Gasteiger partial charge in [-0.05, 0) is 35.5 Å². The lowest BCUT2D eigenvalue weighted by atomic mass is 9.93. The van der Waals surface area contributed by atoms with Crippen LogP contribution in [0.15, 0.2) is 18.5 Å². The van der Waals surface area contributed by atoms with Crippen LogP contribution in [0.1, 0.15) is 23.7 Å². The number of hydrogen-bond acceptors (Lipinski definition) is 8. The van der Waals surface area contributed by atoms with Crippen molar-refractivity contribution in [1.82, 2.24) is 34.1 Å². The first kappa shape index (κ1) is 20.8. The summed E-state index contributed by atoms with van der Waals surface area (Å²) < 4.78 is 27.2. The molecule has 2 aliphatic rings. The standard InChI is InChI=1S/C19H25N9O3S/c1-10-14-9-27(32(3,30)31)7-11(14)4-15(10)22-17-13(18(20)29)6-21-28-8-12(5-16(17)28)19-23-25-26(2)24-19/h5-6,8,10-11,14-15,22H,4,7,9H2,1-3H3,(H2,20,29)/t10-,11?,14?,15-/m1/s1. The Morgan fingerprint density at radius 3 is 2.72 bits per heavy atom. The van der Waals surface area contributed by atoms with E-state index in [1.54, 1.807) is 22.1 Å². The molecule has 170 valence electrons. The zero-order chi connectivity index (χ0) is 22.8. The van der Waals surface area contributed by atoms with E-state index in [1.807, 2.05) is 6.07 Å². The molecule has 1 aliphatic carbocycles. The van der Waals surface area contributed by atoms with Crippen LogP contribution in [0.3, 0.4) is 0 Å². The van der Waals surface area contributed by atoms with Crippen LogP contribution in [0.2, 0.25) is 0 Å². The van der Waals surface area contributed by atoms with Gasteiger partial charge in [-0.2, -0.15) is 9.90 Å². The van der Waals surface area contributed by atoms with Crippen molar-refractivity contribution in [2.24, 2.45) is 30.5 Å². The van der Waals surface area contributed by atoms with E-state index in [2.05, 4.69) is 32.7 Å². The molecule has 3 N–H and O–H groups in total. The average Bonchev–Trinajstić information content (AvgIpc) is 3.46. The van der Waals surface area contributed by atoms with Gasteiger partial charge in [-0.3, -0.25) is 4.79 Å². The van der Waals surface area contributed by atoms with Gasteiger partial charge >= 0.3 is 0 Å². The van der Waals surface area contributed by atoms with Crippen LogP contribution in [0.5, 0.6) is 0 Å². The fourth-order valence-electron chi connectivity index (χ4n) is 5.10. The smallest absolute Gasteiger partial charge is 0.252 e. The zero-order valence-electron chi connectivity index (χ0n) is 18.0. The number of hydrogen-bond donors (Lipinski definition) is 2. The lowest BCUT2D eigenvalue weighted by Crippen LogP contribution is -2.33. The number of primary amides is 1. The number of rotatable bonds is 5. The van der Waals surface area contributed by atoms with Crippen LogP contribution in [0, 0.1) is 17.8 Å². The third-order valence-corrected chi connectivity index (χ3v) is 8.03. The van der Waals surface area contributed by atoms with Crippen molar-refractivity contribution in [1.29, 1.82) is 0 Å². The number of aryl methyl sites for hydroxylation is 1. The highest BCUT2D eigenvalue weighted by atomic mass is 32.2. The van der Waals surface area contributed by atoms with Gasteiger partial charge in [-0.25, -0.2) is 17.2 Å². The Balaban J connectivity index is 1.48. The molecular weight excluding hydrogens is 434 g/mol.